The van der Waals surface area contributed by atoms with Crippen LogP contribution in [0, 0.1) is 0 Å². The number of amides is 1. The Hall–Kier alpha value is -1.20. The zero-order valence-corrected chi connectivity index (χ0v) is 12.1. The Morgan fingerprint density at radius 3 is 2.67 bits per heavy atom. The number of carbonyl (C=O) groups excluding carboxylic acids is 1. The lowest BCUT2D eigenvalue weighted by molar-refractivity contribution is -0.120. The molecule has 0 unspecified atom stereocenters. The number of pyridine rings is 1. The van der Waals surface area contributed by atoms with Gasteiger partial charge in [-0.3, -0.25) is 9.78 Å². The molecule has 0 spiro atoms. The van der Waals surface area contributed by atoms with Gasteiger partial charge in [-0.15, -0.1) is 0 Å². The summed E-state index contributed by atoms with van der Waals surface area (Å²) in [4.78, 5) is 15.6. The van der Waals surface area contributed by atoms with Crippen molar-refractivity contribution >= 4 is 14.9 Å². The Bertz CT molecular complexity index is 427. The van der Waals surface area contributed by atoms with Crippen molar-refractivity contribution in [3.8, 4) is 0 Å². The molecule has 0 bridgehead atoms. The van der Waals surface area contributed by atoms with Gasteiger partial charge >= 0.3 is 0 Å². The zero-order chi connectivity index (χ0) is 13.2. The Morgan fingerprint density at radius 2 is 2.22 bits per heavy atom. The second kappa shape index (κ2) is 5.20. The maximum Gasteiger partial charge on any atom is 0.217 e. The molecule has 0 saturated heterocycles. The number of hydrogen-bond acceptors (Lipinski definition) is 3. The van der Waals surface area contributed by atoms with Crippen LogP contribution in [0.5, 0.6) is 0 Å². The van der Waals surface area contributed by atoms with Gasteiger partial charge in [0.25, 0.3) is 0 Å². The quantitative estimate of drug-likeness (QED) is 0.826. The van der Waals surface area contributed by atoms with E-state index in [0.717, 1.165) is 24.1 Å². The lowest BCUT2D eigenvalue weighted by Crippen LogP contribution is -2.33. The molecule has 5 heteroatoms. The van der Waals surface area contributed by atoms with Crippen LogP contribution in [0.25, 0.3) is 0 Å². The molecule has 1 heterocycles. The van der Waals surface area contributed by atoms with E-state index in [0.29, 0.717) is 6.61 Å². The van der Waals surface area contributed by atoms with Crippen LogP contribution in [0.15, 0.2) is 18.3 Å². The van der Waals surface area contributed by atoms with Crippen molar-refractivity contribution in [1.29, 1.82) is 0 Å². The van der Waals surface area contributed by atoms with Crippen molar-refractivity contribution < 1.29 is 9.22 Å². The molecule has 18 heavy (non-hydrogen) atoms. The zero-order valence-electron chi connectivity index (χ0n) is 11.1. The van der Waals surface area contributed by atoms with Crippen molar-refractivity contribution in [1.82, 2.24) is 10.3 Å². The van der Waals surface area contributed by atoms with Gasteiger partial charge in [0, 0.05) is 13.1 Å². The lowest BCUT2D eigenvalue weighted by Gasteiger charge is -2.16. The minimum Gasteiger partial charge on any atom is -0.413 e. The van der Waals surface area contributed by atoms with Gasteiger partial charge in [0.1, 0.15) is 0 Å². The maximum atomic E-state index is 11.2. The molecule has 0 atom stereocenters. The molecule has 1 aromatic heterocycles. The average Bonchev–Trinajstić information content (AvgIpc) is 3.07. The van der Waals surface area contributed by atoms with Gasteiger partial charge in [0.05, 0.1) is 17.8 Å². The minimum absolute atomic E-state index is 0.00548. The summed E-state index contributed by atoms with van der Waals surface area (Å²) in [7, 11) is -0.658. The summed E-state index contributed by atoms with van der Waals surface area (Å²) in [5.74, 6) is 0.00548. The Labute approximate surface area is 109 Å². The topological polar surface area (TPSA) is 51.2 Å². The van der Waals surface area contributed by atoms with Crippen LogP contribution in [-0.4, -0.2) is 19.9 Å². The fraction of sp³-hybridized carbons (Fsp3) is 0.538. The van der Waals surface area contributed by atoms with Crippen LogP contribution >= 0.6 is 0 Å². The summed E-state index contributed by atoms with van der Waals surface area (Å²) in [5, 5.41) is 2.99. The van der Waals surface area contributed by atoms with Gasteiger partial charge in [-0.1, -0.05) is 6.07 Å². The fourth-order valence-corrected chi connectivity index (χ4v) is 2.38. The molecule has 1 radical (unpaired) electrons. The highest BCUT2D eigenvalue weighted by molar-refractivity contribution is 6.48. The summed E-state index contributed by atoms with van der Waals surface area (Å²) in [6, 6.07) is 4.04. The number of hydrogen-bond donors (Lipinski definition) is 1. The van der Waals surface area contributed by atoms with Gasteiger partial charge in [0.15, 0.2) is 0 Å². The highest BCUT2D eigenvalue weighted by Crippen LogP contribution is 2.44. The standard InChI is InChI=1S/C13H19N2O2Si/c1-10(16)15-13(6-7-13)12-5-4-11(8-14-12)9-17-18(2)3/h4-5,8H,6-7,9H2,1-3H3,(H,15,16). The average molecular weight is 263 g/mol. The molecule has 1 aliphatic carbocycles. The first-order valence-corrected chi connectivity index (χ1v) is 8.60. The van der Waals surface area contributed by atoms with Gasteiger partial charge in [-0.05, 0) is 37.6 Å². The predicted octanol–water partition coefficient (Wildman–Crippen LogP) is 1.97. The van der Waals surface area contributed by atoms with E-state index in [1.165, 1.54) is 0 Å². The first-order valence-electron chi connectivity index (χ1n) is 6.19. The third kappa shape index (κ3) is 3.17. The van der Waals surface area contributed by atoms with Crippen LogP contribution < -0.4 is 5.32 Å². The number of nitrogens with zero attached hydrogens (tertiary/aromatic N) is 1. The second-order valence-corrected chi connectivity index (χ2v) is 7.12. The van der Waals surface area contributed by atoms with Crippen LogP contribution in [-0.2, 0) is 21.4 Å². The molecule has 1 saturated carbocycles. The molecule has 0 aromatic carbocycles. The highest BCUT2D eigenvalue weighted by atomic mass is 28.3. The van der Waals surface area contributed by atoms with Crippen LogP contribution in [0.3, 0.4) is 0 Å². The molecule has 4 nitrogen and oxygen atoms in total. The van der Waals surface area contributed by atoms with Crippen molar-refractivity contribution in [2.24, 2.45) is 0 Å². The van der Waals surface area contributed by atoms with Crippen molar-refractivity contribution in [2.45, 2.75) is 45.0 Å². The molecule has 1 aliphatic rings. The Balaban J connectivity index is 2.01. The molecule has 1 aromatic rings. The summed E-state index contributed by atoms with van der Waals surface area (Å²) < 4.78 is 5.63. The predicted molar refractivity (Wildman–Crippen MR) is 71.2 cm³/mol. The van der Waals surface area contributed by atoms with E-state index >= 15 is 0 Å². The number of carbonyl (C=O) groups is 1. The first-order chi connectivity index (χ1) is 8.52. The normalized spacial score (nSPS) is 16.7. The Morgan fingerprint density at radius 1 is 1.50 bits per heavy atom. The van der Waals surface area contributed by atoms with Gasteiger partial charge in [-0.2, -0.15) is 0 Å². The van der Waals surface area contributed by atoms with Crippen molar-refractivity contribution in [2.75, 3.05) is 0 Å². The monoisotopic (exact) mass is 263 g/mol. The maximum absolute atomic E-state index is 11.2. The van der Waals surface area contributed by atoms with E-state index in [2.05, 4.69) is 23.4 Å². The molecule has 1 N–H and O–H groups in total. The summed E-state index contributed by atoms with van der Waals surface area (Å²) >= 11 is 0. The Kier molecular flexibility index (Phi) is 3.82. The number of nitrogens with one attached hydrogen (secondary N) is 1. The summed E-state index contributed by atoms with van der Waals surface area (Å²) in [6.45, 7) is 6.40. The number of rotatable bonds is 5. The van der Waals surface area contributed by atoms with Gasteiger partial charge in [-0.25, -0.2) is 0 Å². The van der Waals surface area contributed by atoms with E-state index in [9.17, 15) is 4.79 Å². The van der Waals surface area contributed by atoms with Crippen LogP contribution in [0.1, 0.15) is 31.0 Å². The molecule has 0 aliphatic heterocycles. The van der Waals surface area contributed by atoms with Crippen molar-refractivity contribution in [3.63, 3.8) is 0 Å². The minimum atomic E-state index is -0.658. The molecule has 1 amide bonds. The van der Waals surface area contributed by atoms with E-state index in [-0.39, 0.29) is 11.4 Å². The van der Waals surface area contributed by atoms with E-state index in [1.54, 1.807) is 6.92 Å². The fourth-order valence-electron chi connectivity index (χ4n) is 1.93. The number of aromatic nitrogens is 1. The largest absolute Gasteiger partial charge is 0.413 e. The third-order valence-corrected chi connectivity index (χ3v) is 3.73. The molecule has 2 rings (SSSR count). The smallest absolute Gasteiger partial charge is 0.217 e. The first kappa shape index (κ1) is 13.2. The van der Waals surface area contributed by atoms with Crippen LogP contribution in [0.4, 0.5) is 0 Å². The van der Waals surface area contributed by atoms with Crippen molar-refractivity contribution in [3.05, 3.63) is 29.6 Å². The van der Waals surface area contributed by atoms with E-state index in [4.69, 9.17) is 4.43 Å². The van der Waals surface area contributed by atoms with E-state index < -0.39 is 9.04 Å². The lowest BCUT2D eigenvalue weighted by atomic mass is 10.1. The second-order valence-electron chi connectivity index (χ2n) is 5.01. The summed E-state index contributed by atoms with van der Waals surface area (Å²) in [5.41, 5.74) is 1.85. The summed E-state index contributed by atoms with van der Waals surface area (Å²) in [6.07, 6.45) is 3.81. The highest BCUT2D eigenvalue weighted by Gasteiger charge is 2.46. The van der Waals surface area contributed by atoms with Crippen LogP contribution in [0.2, 0.25) is 13.1 Å². The SMILES string of the molecule is CC(=O)NC1(c2ccc(CO[Si](C)C)cn2)CC1. The molecular weight excluding hydrogens is 244 g/mol. The third-order valence-electron chi connectivity index (χ3n) is 3.01. The molecule has 97 valence electrons. The van der Waals surface area contributed by atoms with Gasteiger partial charge in [0.2, 0.25) is 14.9 Å². The molecular formula is C13H19N2O2Si. The van der Waals surface area contributed by atoms with Gasteiger partial charge < -0.3 is 9.74 Å². The molecule has 1 fully saturated rings. The van der Waals surface area contributed by atoms with E-state index in [1.807, 2.05) is 18.3 Å².